The van der Waals surface area contributed by atoms with Crippen molar-refractivity contribution in [2.75, 3.05) is 11.9 Å². The van der Waals surface area contributed by atoms with Gasteiger partial charge in [-0.05, 0) is 48.9 Å². The number of hydrogen-bond acceptors (Lipinski definition) is 2. The van der Waals surface area contributed by atoms with Gasteiger partial charge >= 0.3 is 0 Å². The van der Waals surface area contributed by atoms with Gasteiger partial charge in [0.05, 0.1) is 6.04 Å². The molecular weight excluding hydrogens is 374 g/mol. The second-order valence-electron chi connectivity index (χ2n) is 7.04. The Hall–Kier alpha value is -3.54. The van der Waals surface area contributed by atoms with E-state index in [1.807, 2.05) is 19.1 Å². The van der Waals surface area contributed by atoms with Crippen molar-refractivity contribution in [3.63, 3.8) is 0 Å². The molecule has 3 aromatic carbocycles. The maximum atomic E-state index is 13.7. The highest BCUT2D eigenvalue weighted by molar-refractivity contribution is 6.01. The average molecular weight is 392 g/mol. The van der Waals surface area contributed by atoms with Crippen LogP contribution < -0.4 is 5.32 Å². The Morgan fingerprint density at radius 3 is 2.48 bits per heavy atom. The van der Waals surface area contributed by atoms with E-state index in [-0.39, 0.29) is 18.0 Å². The summed E-state index contributed by atoms with van der Waals surface area (Å²) in [6.07, 6.45) is 0. The van der Waals surface area contributed by atoms with Crippen molar-refractivity contribution in [1.82, 2.24) is 4.90 Å². The van der Waals surface area contributed by atoms with Crippen LogP contribution >= 0.6 is 0 Å². The number of anilines is 1. The lowest BCUT2D eigenvalue weighted by Crippen LogP contribution is -2.39. The Kier molecular flexibility index (Phi) is 4.84. The SMILES string of the molecule is Cc1ccc2c(c1)[C@H](c1ccc(F)cc1)N(C(=O)c1cccc(F)c1)CC(=O)N2. The summed E-state index contributed by atoms with van der Waals surface area (Å²) in [5.74, 6) is -1.78. The van der Waals surface area contributed by atoms with Crippen LogP contribution in [-0.4, -0.2) is 23.3 Å². The highest BCUT2D eigenvalue weighted by Gasteiger charge is 2.34. The number of rotatable bonds is 2. The minimum atomic E-state index is -0.639. The number of carbonyl (C=O) groups excluding carboxylic acids is 2. The van der Waals surface area contributed by atoms with Crippen LogP contribution in [0.5, 0.6) is 0 Å². The molecule has 0 spiro atoms. The molecule has 1 N–H and O–H groups in total. The third-order valence-corrected chi connectivity index (χ3v) is 4.92. The molecular formula is C23H18F2N2O2. The molecule has 1 heterocycles. The molecule has 6 heteroatoms. The molecule has 1 atom stereocenters. The van der Waals surface area contributed by atoms with Crippen molar-refractivity contribution in [1.29, 1.82) is 0 Å². The van der Waals surface area contributed by atoms with Gasteiger partial charge in [0.2, 0.25) is 5.91 Å². The van der Waals surface area contributed by atoms with Crippen molar-refractivity contribution in [2.24, 2.45) is 0 Å². The Morgan fingerprint density at radius 2 is 1.76 bits per heavy atom. The molecule has 29 heavy (non-hydrogen) atoms. The van der Waals surface area contributed by atoms with Crippen molar-refractivity contribution in [2.45, 2.75) is 13.0 Å². The first-order chi connectivity index (χ1) is 13.9. The lowest BCUT2D eigenvalue weighted by molar-refractivity contribution is -0.117. The van der Waals surface area contributed by atoms with E-state index >= 15 is 0 Å². The Morgan fingerprint density at radius 1 is 1.00 bits per heavy atom. The Labute approximate surface area is 166 Å². The van der Waals surface area contributed by atoms with Gasteiger partial charge in [0.15, 0.2) is 0 Å². The minimum Gasteiger partial charge on any atom is -0.324 e. The first-order valence-corrected chi connectivity index (χ1v) is 9.15. The summed E-state index contributed by atoms with van der Waals surface area (Å²) >= 11 is 0. The van der Waals surface area contributed by atoms with E-state index < -0.39 is 23.6 Å². The number of amides is 2. The maximum absolute atomic E-state index is 13.7. The number of benzene rings is 3. The number of nitrogens with one attached hydrogen (secondary N) is 1. The van der Waals surface area contributed by atoms with E-state index in [1.165, 1.54) is 35.2 Å². The lowest BCUT2D eigenvalue weighted by Gasteiger charge is -2.31. The van der Waals surface area contributed by atoms with Crippen LogP contribution in [0.1, 0.15) is 33.1 Å². The molecule has 0 aromatic heterocycles. The van der Waals surface area contributed by atoms with Crippen LogP contribution in [0.3, 0.4) is 0 Å². The highest BCUT2D eigenvalue weighted by Crippen LogP contribution is 2.37. The van der Waals surface area contributed by atoms with E-state index in [0.29, 0.717) is 16.8 Å². The summed E-state index contributed by atoms with van der Waals surface area (Å²) in [5, 5.41) is 2.83. The van der Waals surface area contributed by atoms with Crippen LogP contribution in [0.25, 0.3) is 0 Å². The van der Waals surface area contributed by atoms with Crippen LogP contribution in [0.4, 0.5) is 14.5 Å². The average Bonchev–Trinajstić information content (AvgIpc) is 2.84. The summed E-state index contributed by atoms with van der Waals surface area (Å²) in [6.45, 7) is 1.69. The Balaban J connectivity index is 1.90. The zero-order chi connectivity index (χ0) is 20.5. The summed E-state index contributed by atoms with van der Waals surface area (Å²) < 4.78 is 27.2. The predicted octanol–water partition coefficient (Wildman–Crippen LogP) is 4.46. The van der Waals surface area contributed by atoms with E-state index in [0.717, 1.165) is 11.6 Å². The van der Waals surface area contributed by atoms with Gasteiger partial charge in [0.25, 0.3) is 5.91 Å². The third-order valence-electron chi connectivity index (χ3n) is 4.92. The largest absolute Gasteiger partial charge is 0.324 e. The van der Waals surface area contributed by atoms with Gasteiger partial charge < -0.3 is 10.2 Å². The van der Waals surface area contributed by atoms with Gasteiger partial charge in [-0.25, -0.2) is 8.78 Å². The monoisotopic (exact) mass is 392 g/mol. The molecule has 146 valence electrons. The van der Waals surface area contributed by atoms with E-state index in [1.54, 1.807) is 18.2 Å². The molecule has 0 bridgehead atoms. The maximum Gasteiger partial charge on any atom is 0.255 e. The normalized spacial score (nSPS) is 16.0. The van der Waals surface area contributed by atoms with Gasteiger partial charge in [0, 0.05) is 16.8 Å². The van der Waals surface area contributed by atoms with Gasteiger partial charge in [0.1, 0.15) is 18.2 Å². The number of carbonyl (C=O) groups is 2. The zero-order valence-corrected chi connectivity index (χ0v) is 15.7. The van der Waals surface area contributed by atoms with Gasteiger partial charge in [-0.1, -0.05) is 35.9 Å². The zero-order valence-electron chi connectivity index (χ0n) is 15.7. The van der Waals surface area contributed by atoms with Gasteiger partial charge in [-0.3, -0.25) is 9.59 Å². The fourth-order valence-corrected chi connectivity index (χ4v) is 3.61. The fraction of sp³-hybridized carbons (Fsp3) is 0.130. The van der Waals surface area contributed by atoms with E-state index in [2.05, 4.69) is 5.32 Å². The van der Waals surface area contributed by atoms with Crippen LogP contribution in [0.15, 0.2) is 66.7 Å². The fourth-order valence-electron chi connectivity index (χ4n) is 3.61. The summed E-state index contributed by atoms with van der Waals surface area (Å²) in [7, 11) is 0. The molecule has 0 aliphatic carbocycles. The topological polar surface area (TPSA) is 49.4 Å². The van der Waals surface area contributed by atoms with Gasteiger partial charge in [-0.2, -0.15) is 0 Å². The number of aryl methyl sites for hydroxylation is 1. The molecule has 3 aromatic rings. The minimum absolute atomic E-state index is 0.140. The second kappa shape index (κ2) is 7.47. The molecule has 0 saturated carbocycles. The number of hydrogen-bond donors (Lipinski definition) is 1. The summed E-state index contributed by atoms with van der Waals surface area (Å²) in [6, 6.07) is 16.1. The number of halogens is 2. The number of fused-ring (bicyclic) bond motifs is 1. The molecule has 0 radical (unpaired) electrons. The Bertz CT molecular complexity index is 1100. The van der Waals surface area contributed by atoms with Crippen LogP contribution in [-0.2, 0) is 4.79 Å². The quantitative estimate of drug-likeness (QED) is 0.700. The van der Waals surface area contributed by atoms with Crippen molar-refractivity contribution >= 4 is 17.5 Å². The molecule has 1 aliphatic heterocycles. The molecule has 2 amide bonds. The molecule has 4 nitrogen and oxygen atoms in total. The van der Waals surface area contributed by atoms with E-state index in [9.17, 15) is 18.4 Å². The first-order valence-electron chi connectivity index (χ1n) is 9.15. The van der Waals surface area contributed by atoms with Crippen LogP contribution in [0, 0.1) is 18.6 Å². The van der Waals surface area contributed by atoms with Crippen molar-refractivity contribution in [3.05, 3.63) is 101 Å². The summed E-state index contributed by atoms with van der Waals surface area (Å²) in [5.41, 5.74) is 3.04. The second-order valence-corrected chi connectivity index (χ2v) is 7.04. The molecule has 0 fully saturated rings. The van der Waals surface area contributed by atoms with Gasteiger partial charge in [-0.15, -0.1) is 0 Å². The summed E-state index contributed by atoms with van der Waals surface area (Å²) in [4.78, 5) is 27.2. The van der Waals surface area contributed by atoms with E-state index in [4.69, 9.17) is 0 Å². The van der Waals surface area contributed by atoms with Crippen molar-refractivity contribution in [3.8, 4) is 0 Å². The third kappa shape index (κ3) is 3.74. The molecule has 0 unspecified atom stereocenters. The predicted molar refractivity (Wildman–Crippen MR) is 105 cm³/mol. The number of nitrogens with zero attached hydrogens (tertiary/aromatic N) is 1. The van der Waals surface area contributed by atoms with Crippen LogP contribution in [0.2, 0.25) is 0 Å². The standard InChI is InChI=1S/C23H18F2N2O2/c1-14-5-10-20-19(11-14)22(15-6-8-17(24)9-7-15)27(13-21(28)26-20)23(29)16-3-2-4-18(25)12-16/h2-12,22H,13H2,1H3,(H,26,28)/t22-/m0/s1. The highest BCUT2D eigenvalue weighted by atomic mass is 19.1. The van der Waals surface area contributed by atoms with Crippen molar-refractivity contribution < 1.29 is 18.4 Å². The smallest absolute Gasteiger partial charge is 0.255 e. The molecule has 1 aliphatic rings. The molecule has 0 saturated heterocycles. The first kappa shape index (κ1) is 18.8. The molecule has 4 rings (SSSR count). The lowest BCUT2D eigenvalue weighted by atomic mass is 9.94.